The SMILES string of the molecule is Cn1cnc2cc(Cl)c(NCc3ccc(C(=O)NCc4cccnc4)cc3)cc2c1=O. The van der Waals surface area contributed by atoms with Crippen LogP contribution in [0.25, 0.3) is 10.9 Å². The zero-order chi connectivity index (χ0) is 21.8. The van der Waals surface area contributed by atoms with Gasteiger partial charge in [-0.1, -0.05) is 29.8 Å². The van der Waals surface area contributed by atoms with Crippen molar-refractivity contribution in [3.8, 4) is 0 Å². The van der Waals surface area contributed by atoms with Crippen molar-refractivity contribution in [3.05, 3.63) is 99.3 Å². The predicted octanol–water partition coefficient (Wildman–Crippen LogP) is 3.52. The van der Waals surface area contributed by atoms with E-state index in [1.54, 1.807) is 43.7 Å². The van der Waals surface area contributed by atoms with Gasteiger partial charge in [-0.3, -0.25) is 14.6 Å². The standard InChI is InChI=1S/C23H20ClN5O2/c1-29-14-28-20-10-19(24)21(9-18(20)23(29)31)26-12-15-4-6-17(7-5-15)22(30)27-13-16-3-2-8-25-11-16/h2-11,14,26H,12-13H2,1H3,(H,27,30). The third-order valence-corrected chi connectivity index (χ3v) is 5.19. The second-order valence-electron chi connectivity index (χ2n) is 7.10. The van der Waals surface area contributed by atoms with Crippen molar-refractivity contribution < 1.29 is 4.79 Å². The molecule has 4 aromatic rings. The second kappa shape index (κ2) is 8.97. The molecule has 0 aliphatic heterocycles. The number of carbonyl (C=O) groups is 1. The molecule has 31 heavy (non-hydrogen) atoms. The monoisotopic (exact) mass is 433 g/mol. The molecule has 1 amide bonds. The fourth-order valence-electron chi connectivity index (χ4n) is 3.13. The van der Waals surface area contributed by atoms with Crippen LogP contribution in [0.3, 0.4) is 0 Å². The summed E-state index contributed by atoms with van der Waals surface area (Å²) in [5.41, 5.74) is 3.56. The van der Waals surface area contributed by atoms with E-state index >= 15 is 0 Å². The van der Waals surface area contributed by atoms with Gasteiger partial charge in [-0.15, -0.1) is 0 Å². The number of fused-ring (bicyclic) bond motifs is 1. The zero-order valence-electron chi connectivity index (χ0n) is 16.8. The number of nitrogens with one attached hydrogen (secondary N) is 2. The van der Waals surface area contributed by atoms with Crippen molar-refractivity contribution in [2.75, 3.05) is 5.32 Å². The summed E-state index contributed by atoms with van der Waals surface area (Å²) in [6.07, 6.45) is 4.89. The van der Waals surface area contributed by atoms with Crippen molar-refractivity contribution in [2.24, 2.45) is 7.05 Å². The molecule has 0 atom stereocenters. The minimum Gasteiger partial charge on any atom is -0.380 e. The van der Waals surface area contributed by atoms with Crippen LogP contribution in [0.5, 0.6) is 0 Å². The summed E-state index contributed by atoms with van der Waals surface area (Å²) in [5, 5.41) is 7.11. The number of amides is 1. The first-order valence-corrected chi connectivity index (χ1v) is 10.0. The lowest BCUT2D eigenvalue weighted by Gasteiger charge is -2.11. The number of halogens is 1. The molecular weight excluding hydrogens is 414 g/mol. The van der Waals surface area contributed by atoms with Crippen LogP contribution in [0.1, 0.15) is 21.5 Å². The molecule has 0 radical (unpaired) electrons. The maximum absolute atomic E-state index is 12.3. The highest BCUT2D eigenvalue weighted by Crippen LogP contribution is 2.26. The van der Waals surface area contributed by atoms with Crippen LogP contribution in [-0.2, 0) is 20.1 Å². The minimum atomic E-state index is -0.149. The Morgan fingerprint density at radius 1 is 1.10 bits per heavy atom. The van der Waals surface area contributed by atoms with Crippen LogP contribution in [0.2, 0.25) is 5.02 Å². The van der Waals surface area contributed by atoms with Crippen molar-refractivity contribution in [1.82, 2.24) is 19.9 Å². The van der Waals surface area contributed by atoms with Gasteiger partial charge in [-0.2, -0.15) is 0 Å². The summed E-state index contributed by atoms with van der Waals surface area (Å²) in [5.74, 6) is -0.149. The van der Waals surface area contributed by atoms with E-state index in [1.807, 2.05) is 24.3 Å². The normalized spacial score (nSPS) is 10.8. The van der Waals surface area contributed by atoms with E-state index in [1.165, 1.54) is 10.9 Å². The van der Waals surface area contributed by atoms with Crippen LogP contribution >= 0.6 is 11.6 Å². The first kappa shape index (κ1) is 20.6. The molecule has 4 rings (SSSR count). The number of pyridine rings is 1. The number of carbonyl (C=O) groups excluding carboxylic acids is 1. The van der Waals surface area contributed by atoms with Crippen LogP contribution in [0, 0.1) is 0 Å². The fourth-order valence-corrected chi connectivity index (χ4v) is 3.35. The van der Waals surface area contributed by atoms with Crippen LogP contribution < -0.4 is 16.2 Å². The maximum atomic E-state index is 12.3. The van der Waals surface area contributed by atoms with E-state index in [2.05, 4.69) is 20.6 Å². The van der Waals surface area contributed by atoms with Gasteiger partial charge in [-0.25, -0.2) is 4.98 Å². The van der Waals surface area contributed by atoms with E-state index in [-0.39, 0.29) is 11.5 Å². The summed E-state index contributed by atoms with van der Waals surface area (Å²) in [7, 11) is 1.66. The molecule has 0 bridgehead atoms. The maximum Gasteiger partial charge on any atom is 0.260 e. The first-order chi connectivity index (χ1) is 15.0. The average Bonchev–Trinajstić information content (AvgIpc) is 2.80. The van der Waals surface area contributed by atoms with E-state index in [9.17, 15) is 9.59 Å². The summed E-state index contributed by atoms with van der Waals surface area (Å²) < 4.78 is 1.43. The van der Waals surface area contributed by atoms with Gasteiger partial charge in [0.2, 0.25) is 0 Å². The second-order valence-corrected chi connectivity index (χ2v) is 7.51. The van der Waals surface area contributed by atoms with Crippen molar-refractivity contribution in [1.29, 1.82) is 0 Å². The lowest BCUT2D eigenvalue weighted by molar-refractivity contribution is 0.0951. The van der Waals surface area contributed by atoms with E-state index in [0.29, 0.717) is 40.3 Å². The minimum absolute atomic E-state index is 0.133. The van der Waals surface area contributed by atoms with Gasteiger partial charge in [0.05, 0.1) is 27.9 Å². The van der Waals surface area contributed by atoms with Crippen molar-refractivity contribution in [3.63, 3.8) is 0 Å². The highest BCUT2D eigenvalue weighted by molar-refractivity contribution is 6.34. The van der Waals surface area contributed by atoms with Gasteiger partial charge < -0.3 is 15.2 Å². The molecule has 0 aliphatic carbocycles. The number of hydrogen-bond acceptors (Lipinski definition) is 5. The molecule has 2 aromatic carbocycles. The molecule has 0 spiro atoms. The van der Waals surface area contributed by atoms with Gasteiger partial charge in [0.1, 0.15) is 0 Å². The fraction of sp³-hybridized carbons (Fsp3) is 0.130. The number of anilines is 1. The van der Waals surface area contributed by atoms with Gasteiger partial charge in [0, 0.05) is 38.1 Å². The van der Waals surface area contributed by atoms with Crippen LogP contribution in [0.4, 0.5) is 5.69 Å². The van der Waals surface area contributed by atoms with Crippen molar-refractivity contribution >= 4 is 34.1 Å². The van der Waals surface area contributed by atoms with E-state index < -0.39 is 0 Å². The number of hydrogen-bond donors (Lipinski definition) is 2. The highest BCUT2D eigenvalue weighted by Gasteiger charge is 2.09. The molecule has 0 saturated carbocycles. The van der Waals surface area contributed by atoms with Gasteiger partial charge in [-0.05, 0) is 41.5 Å². The zero-order valence-corrected chi connectivity index (χ0v) is 17.6. The molecule has 2 N–H and O–H groups in total. The van der Waals surface area contributed by atoms with E-state index in [4.69, 9.17) is 11.6 Å². The quantitative estimate of drug-likeness (QED) is 0.485. The molecule has 0 aliphatic rings. The van der Waals surface area contributed by atoms with Gasteiger partial charge in [0.15, 0.2) is 0 Å². The molecular formula is C23H20ClN5O2. The van der Waals surface area contributed by atoms with Crippen LogP contribution in [0.15, 0.2) is 72.0 Å². The lowest BCUT2D eigenvalue weighted by atomic mass is 10.1. The smallest absolute Gasteiger partial charge is 0.260 e. The lowest BCUT2D eigenvalue weighted by Crippen LogP contribution is -2.22. The first-order valence-electron chi connectivity index (χ1n) is 9.66. The number of aromatic nitrogens is 3. The summed E-state index contributed by atoms with van der Waals surface area (Å²) >= 11 is 6.34. The molecule has 156 valence electrons. The predicted molar refractivity (Wildman–Crippen MR) is 121 cm³/mol. The molecule has 0 fully saturated rings. The highest BCUT2D eigenvalue weighted by atomic mass is 35.5. The van der Waals surface area contributed by atoms with Gasteiger partial charge in [0.25, 0.3) is 11.5 Å². The number of benzene rings is 2. The summed E-state index contributed by atoms with van der Waals surface area (Å²) in [6.45, 7) is 0.911. The Morgan fingerprint density at radius 2 is 1.90 bits per heavy atom. The average molecular weight is 434 g/mol. The van der Waals surface area contributed by atoms with Crippen molar-refractivity contribution in [2.45, 2.75) is 13.1 Å². The Bertz CT molecular complexity index is 1290. The molecule has 2 aromatic heterocycles. The number of nitrogens with zero attached hydrogens (tertiary/aromatic N) is 3. The number of rotatable bonds is 6. The molecule has 7 nitrogen and oxygen atoms in total. The van der Waals surface area contributed by atoms with E-state index in [0.717, 1.165) is 11.1 Å². The topological polar surface area (TPSA) is 88.9 Å². The summed E-state index contributed by atoms with van der Waals surface area (Å²) in [4.78, 5) is 32.9. The molecule has 0 saturated heterocycles. The molecule has 2 heterocycles. The Hall–Kier alpha value is -3.71. The Kier molecular flexibility index (Phi) is 5.95. The largest absolute Gasteiger partial charge is 0.380 e. The Labute approximate surface area is 183 Å². The van der Waals surface area contributed by atoms with Crippen LogP contribution in [-0.4, -0.2) is 20.4 Å². The third kappa shape index (κ3) is 4.73. The Morgan fingerprint density at radius 3 is 2.65 bits per heavy atom. The Balaban J connectivity index is 1.41. The number of aryl methyl sites for hydroxylation is 1. The molecule has 0 unspecified atom stereocenters. The third-order valence-electron chi connectivity index (χ3n) is 4.88. The van der Waals surface area contributed by atoms with Gasteiger partial charge >= 0.3 is 0 Å². The summed E-state index contributed by atoms with van der Waals surface area (Å²) in [6, 6.07) is 14.4. The molecule has 8 heteroatoms.